The van der Waals surface area contributed by atoms with Gasteiger partial charge in [-0.3, -0.25) is 9.36 Å². The van der Waals surface area contributed by atoms with Crippen LogP contribution in [0.3, 0.4) is 0 Å². The number of thioether (sulfide) groups is 1. The highest BCUT2D eigenvalue weighted by Crippen LogP contribution is 2.30. The van der Waals surface area contributed by atoms with E-state index in [9.17, 15) is 4.79 Å². The summed E-state index contributed by atoms with van der Waals surface area (Å²) in [5.74, 6) is 2.05. The molecule has 0 aliphatic rings. The Morgan fingerprint density at radius 2 is 1.87 bits per heavy atom. The number of anilines is 1. The van der Waals surface area contributed by atoms with Gasteiger partial charge in [0.15, 0.2) is 11.0 Å². The minimum absolute atomic E-state index is 0.158. The summed E-state index contributed by atoms with van der Waals surface area (Å²) in [5, 5.41) is 12.2. The Kier molecular flexibility index (Phi) is 6.08. The number of aryl methyl sites for hydroxylation is 2. The van der Waals surface area contributed by atoms with Crippen LogP contribution in [-0.4, -0.2) is 33.5 Å². The lowest BCUT2D eigenvalue weighted by atomic mass is 10.2. The molecule has 7 nitrogen and oxygen atoms in total. The number of hydrogen-bond acceptors (Lipinski definition) is 6. The van der Waals surface area contributed by atoms with E-state index < -0.39 is 0 Å². The summed E-state index contributed by atoms with van der Waals surface area (Å²) in [5.41, 5.74) is 3.56. The van der Waals surface area contributed by atoms with Gasteiger partial charge in [0, 0.05) is 5.69 Å². The second-order valence-electron chi connectivity index (χ2n) is 6.90. The Morgan fingerprint density at radius 1 is 1.10 bits per heavy atom. The number of furan rings is 1. The largest absolute Gasteiger partial charge is 0.495 e. The minimum atomic E-state index is -0.158. The molecule has 0 fully saturated rings. The fourth-order valence-corrected chi connectivity index (χ4v) is 3.90. The van der Waals surface area contributed by atoms with Crippen LogP contribution in [-0.2, 0) is 4.79 Å². The van der Waals surface area contributed by atoms with Gasteiger partial charge in [0.1, 0.15) is 11.5 Å². The number of carbonyl (C=O) groups is 1. The Bertz CT molecular complexity index is 1200. The predicted molar refractivity (Wildman–Crippen MR) is 121 cm³/mol. The third-order valence-electron chi connectivity index (χ3n) is 4.74. The molecule has 0 aliphatic carbocycles. The molecule has 2 heterocycles. The number of hydrogen-bond donors (Lipinski definition) is 1. The lowest BCUT2D eigenvalue weighted by Crippen LogP contribution is -2.15. The molecule has 4 rings (SSSR count). The van der Waals surface area contributed by atoms with Crippen molar-refractivity contribution in [2.75, 3.05) is 18.2 Å². The Morgan fingerprint density at radius 3 is 2.58 bits per heavy atom. The highest BCUT2D eigenvalue weighted by atomic mass is 32.2. The van der Waals surface area contributed by atoms with Crippen LogP contribution in [0.4, 0.5) is 5.69 Å². The molecular weight excluding hydrogens is 412 g/mol. The summed E-state index contributed by atoms with van der Waals surface area (Å²) in [6.07, 6.45) is 1.63. The number of ether oxygens (including phenoxy) is 1. The van der Waals surface area contributed by atoms with Gasteiger partial charge in [-0.2, -0.15) is 0 Å². The lowest BCUT2D eigenvalue weighted by molar-refractivity contribution is -0.113. The smallest absolute Gasteiger partial charge is 0.234 e. The molecule has 4 aromatic rings. The van der Waals surface area contributed by atoms with Gasteiger partial charge < -0.3 is 14.5 Å². The van der Waals surface area contributed by atoms with Crippen LogP contribution in [0.5, 0.6) is 5.75 Å². The topological polar surface area (TPSA) is 82.2 Å². The molecular formula is C23H22N4O3S. The maximum absolute atomic E-state index is 12.6. The molecule has 1 N–H and O–H groups in total. The van der Waals surface area contributed by atoms with Crippen LogP contribution in [0, 0.1) is 13.8 Å². The molecule has 0 unspecified atom stereocenters. The number of benzene rings is 2. The van der Waals surface area contributed by atoms with Crippen molar-refractivity contribution in [1.82, 2.24) is 14.8 Å². The normalized spacial score (nSPS) is 10.8. The number of carbonyl (C=O) groups excluding carboxylic acids is 1. The number of nitrogens with zero attached hydrogens (tertiary/aromatic N) is 3. The van der Waals surface area contributed by atoms with Gasteiger partial charge >= 0.3 is 0 Å². The van der Waals surface area contributed by atoms with Crippen molar-refractivity contribution in [3.05, 3.63) is 72.2 Å². The van der Waals surface area contributed by atoms with Crippen molar-refractivity contribution >= 4 is 23.4 Å². The van der Waals surface area contributed by atoms with Gasteiger partial charge in [0.25, 0.3) is 0 Å². The van der Waals surface area contributed by atoms with E-state index in [1.807, 2.05) is 60.9 Å². The van der Waals surface area contributed by atoms with Gasteiger partial charge in [-0.15, -0.1) is 10.2 Å². The van der Waals surface area contributed by atoms with E-state index in [-0.39, 0.29) is 11.7 Å². The maximum atomic E-state index is 12.6. The minimum Gasteiger partial charge on any atom is -0.495 e. The van der Waals surface area contributed by atoms with Gasteiger partial charge in [0.05, 0.1) is 30.4 Å². The Labute approximate surface area is 184 Å². The van der Waals surface area contributed by atoms with Gasteiger partial charge in [-0.1, -0.05) is 41.6 Å². The van der Waals surface area contributed by atoms with Gasteiger partial charge in [-0.25, -0.2) is 0 Å². The molecule has 1 amide bonds. The van der Waals surface area contributed by atoms with E-state index in [1.54, 1.807) is 25.5 Å². The average molecular weight is 435 g/mol. The molecule has 0 radical (unpaired) electrons. The van der Waals surface area contributed by atoms with Crippen molar-refractivity contribution in [2.45, 2.75) is 19.0 Å². The lowest BCUT2D eigenvalue weighted by Gasteiger charge is -2.11. The van der Waals surface area contributed by atoms with Gasteiger partial charge in [-0.05, 0) is 44.2 Å². The molecule has 0 aliphatic heterocycles. The van der Waals surface area contributed by atoms with E-state index >= 15 is 0 Å². The molecule has 0 bridgehead atoms. The number of amides is 1. The number of para-hydroxylation sites is 2. The van der Waals surface area contributed by atoms with Crippen LogP contribution in [0.2, 0.25) is 0 Å². The molecule has 31 heavy (non-hydrogen) atoms. The van der Waals surface area contributed by atoms with Crippen LogP contribution >= 0.6 is 11.8 Å². The molecule has 2 aromatic carbocycles. The molecule has 2 aromatic heterocycles. The van der Waals surface area contributed by atoms with Gasteiger partial charge in [0.2, 0.25) is 5.91 Å². The van der Waals surface area contributed by atoms with Crippen molar-refractivity contribution in [3.8, 4) is 22.8 Å². The first-order chi connectivity index (χ1) is 15.1. The summed E-state index contributed by atoms with van der Waals surface area (Å²) in [6.45, 7) is 3.92. The van der Waals surface area contributed by atoms with E-state index in [0.29, 0.717) is 22.4 Å². The third-order valence-corrected chi connectivity index (χ3v) is 5.67. The maximum Gasteiger partial charge on any atom is 0.234 e. The first-order valence-electron chi connectivity index (χ1n) is 9.69. The molecule has 0 atom stereocenters. The Hall–Kier alpha value is -3.52. The van der Waals surface area contributed by atoms with Crippen molar-refractivity contribution < 1.29 is 13.9 Å². The summed E-state index contributed by atoms with van der Waals surface area (Å²) in [4.78, 5) is 12.6. The second-order valence-corrected chi connectivity index (χ2v) is 7.85. The van der Waals surface area contributed by atoms with Crippen LogP contribution in [0.15, 0.2) is 70.4 Å². The summed E-state index contributed by atoms with van der Waals surface area (Å²) < 4.78 is 12.7. The summed E-state index contributed by atoms with van der Waals surface area (Å²) >= 11 is 1.32. The summed E-state index contributed by atoms with van der Waals surface area (Å²) in [6, 6.07) is 17.3. The van der Waals surface area contributed by atoms with Crippen molar-refractivity contribution in [3.63, 3.8) is 0 Å². The average Bonchev–Trinajstić information content (AvgIpc) is 3.39. The quantitative estimate of drug-likeness (QED) is 0.417. The SMILES string of the molecule is COc1ccccc1NC(=O)CSc1nnc(-c2ccoc2C)n1-c1ccc(C)cc1. The Balaban J connectivity index is 1.59. The first-order valence-corrected chi connectivity index (χ1v) is 10.7. The zero-order chi connectivity index (χ0) is 21.8. The van der Waals surface area contributed by atoms with E-state index in [4.69, 9.17) is 9.15 Å². The molecule has 8 heteroatoms. The summed E-state index contributed by atoms with van der Waals surface area (Å²) in [7, 11) is 1.57. The van der Waals surface area contributed by atoms with Crippen LogP contribution in [0.25, 0.3) is 17.1 Å². The molecule has 0 saturated carbocycles. The predicted octanol–water partition coefficient (Wildman–Crippen LogP) is 4.88. The standard InChI is InChI=1S/C23H22N4O3S/c1-15-8-10-17(11-9-15)27-22(18-12-13-30-16(18)2)25-26-23(27)31-14-21(28)24-19-6-4-5-7-20(19)29-3/h4-13H,14H2,1-3H3,(H,24,28). The fraction of sp³-hybridized carbons (Fsp3) is 0.174. The second kappa shape index (κ2) is 9.09. The van der Waals surface area contributed by atoms with E-state index in [1.165, 1.54) is 11.8 Å². The number of rotatable bonds is 7. The highest BCUT2D eigenvalue weighted by molar-refractivity contribution is 7.99. The monoisotopic (exact) mass is 434 g/mol. The number of aromatic nitrogens is 3. The number of methoxy groups -OCH3 is 1. The van der Waals surface area contributed by atoms with Crippen LogP contribution < -0.4 is 10.1 Å². The van der Waals surface area contributed by atoms with Crippen molar-refractivity contribution in [1.29, 1.82) is 0 Å². The number of nitrogens with one attached hydrogen (secondary N) is 1. The molecule has 158 valence electrons. The van der Waals surface area contributed by atoms with E-state index in [2.05, 4.69) is 15.5 Å². The van der Waals surface area contributed by atoms with E-state index in [0.717, 1.165) is 22.6 Å². The van der Waals surface area contributed by atoms with Crippen LogP contribution in [0.1, 0.15) is 11.3 Å². The van der Waals surface area contributed by atoms with Crippen molar-refractivity contribution in [2.24, 2.45) is 0 Å². The molecule has 0 saturated heterocycles. The highest BCUT2D eigenvalue weighted by Gasteiger charge is 2.20. The zero-order valence-corrected chi connectivity index (χ0v) is 18.3. The third kappa shape index (κ3) is 4.49. The zero-order valence-electron chi connectivity index (χ0n) is 17.5. The molecule has 0 spiro atoms. The first kappa shape index (κ1) is 20.7. The fourth-order valence-electron chi connectivity index (χ4n) is 3.15.